The molecule has 1 aliphatic rings. The number of benzene rings is 3. The number of hydrogen-bond donors (Lipinski definition) is 2. The molecular weight excluding hydrogens is 400 g/mol. The molecule has 1 aromatic heterocycles. The molecule has 0 aliphatic carbocycles. The number of nitrogens with one attached hydrogen (secondary N) is 1. The lowest BCUT2D eigenvalue weighted by molar-refractivity contribution is -0.385. The van der Waals surface area contributed by atoms with Crippen LogP contribution in [0.25, 0.3) is 22.4 Å². The molecule has 0 saturated heterocycles. The van der Waals surface area contributed by atoms with Gasteiger partial charge in [-0.1, -0.05) is 6.07 Å². The van der Waals surface area contributed by atoms with Crippen LogP contribution in [0.4, 0.5) is 11.4 Å². The van der Waals surface area contributed by atoms with E-state index in [1.54, 1.807) is 12.1 Å². The van der Waals surface area contributed by atoms with E-state index in [2.05, 4.69) is 15.0 Å². The first-order valence-corrected chi connectivity index (χ1v) is 9.40. The molecule has 0 unspecified atom stereocenters. The van der Waals surface area contributed by atoms with Crippen molar-refractivity contribution in [3.8, 4) is 28.6 Å². The molecule has 0 spiro atoms. The minimum atomic E-state index is -0.498. The van der Waals surface area contributed by atoms with E-state index in [9.17, 15) is 15.2 Å². The fraction of sp³-hybridized carbons (Fsp3) is 0.0909. The highest BCUT2D eigenvalue weighted by atomic mass is 16.7. The second-order valence-corrected chi connectivity index (χ2v) is 7.09. The zero-order chi connectivity index (χ0) is 21.5. The molecule has 9 nitrogen and oxygen atoms in total. The van der Waals surface area contributed by atoms with Crippen LogP contribution < -0.4 is 9.47 Å². The number of nitro benzene ring substituents is 1. The Kier molecular flexibility index (Phi) is 4.28. The fourth-order valence-electron chi connectivity index (χ4n) is 3.40. The Labute approximate surface area is 175 Å². The zero-order valence-electron chi connectivity index (χ0n) is 16.3. The van der Waals surface area contributed by atoms with Crippen LogP contribution in [0.15, 0.2) is 53.5 Å². The van der Waals surface area contributed by atoms with Crippen molar-refractivity contribution in [1.29, 1.82) is 0 Å². The highest BCUT2D eigenvalue weighted by Crippen LogP contribution is 2.38. The molecule has 0 saturated carbocycles. The number of hydrogen-bond acceptors (Lipinski definition) is 7. The van der Waals surface area contributed by atoms with Gasteiger partial charge in [-0.2, -0.15) is 0 Å². The van der Waals surface area contributed by atoms with E-state index in [1.807, 2.05) is 25.1 Å². The van der Waals surface area contributed by atoms with Gasteiger partial charge in [-0.15, -0.1) is 0 Å². The van der Waals surface area contributed by atoms with Gasteiger partial charge in [0.15, 0.2) is 11.5 Å². The molecular formula is C22H16N4O5. The number of H-pyrrole nitrogens is 1. The summed E-state index contributed by atoms with van der Waals surface area (Å²) in [5.41, 5.74) is 3.85. The van der Waals surface area contributed by atoms with Gasteiger partial charge < -0.3 is 19.6 Å². The summed E-state index contributed by atoms with van der Waals surface area (Å²) in [4.78, 5) is 23.0. The number of aromatic hydroxyl groups is 1. The number of nitrogens with zero attached hydrogens (tertiary/aromatic N) is 3. The van der Waals surface area contributed by atoms with Crippen LogP contribution in [0.2, 0.25) is 0 Å². The van der Waals surface area contributed by atoms with Crippen LogP contribution in [0.3, 0.4) is 0 Å². The van der Waals surface area contributed by atoms with E-state index < -0.39 is 4.92 Å². The van der Waals surface area contributed by atoms with Crippen molar-refractivity contribution in [2.24, 2.45) is 4.99 Å². The van der Waals surface area contributed by atoms with Crippen molar-refractivity contribution >= 4 is 28.6 Å². The van der Waals surface area contributed by atoms with Gasteiger partial charge in [0.1, 0.15) is 11.6 Å². The Morgan fingerprint density at radius 2 is 1.97 bits per heavy atom. The molecule has 31 heavy (non-hydrogen) atoms. The molecule has 0 atom stereocenters. The molecule has 0 amide bonds. The molecule has 2 N–H and O–H groups in total. The molecule has 0 radical (unpaired) electrons. The van der Waals surface area contributed by atoms with Gasteiger partial charge in [0.05, 0.1) is 38.8 Å². The number of aromatic nitrogens is 2. The summed E-state index contributed by atoms with van der Waals surface area (Å²) in [6.45, 7) is 2.01. The maximum atomic E-state index is 11.4. The minimum Gasteiger partial charge on any atom is -0.507 e. The molecule has 3 aromatic carbocycles. The summed E-state index contributed by atoms with van der Waals surface area (Å²) in [6, 6.07) is 13.5. The molecule has 1 aliphatic heterocycles. The lowest BCUT2D eigenvalue weighted by Crippen LogP contribution is -1.94. The Bertz CT molecular complexity index is 1380. The monoisotopic (exact) mass is 416 g/mol. The van der Waals surface area contributed by atoms with Gasteiger partial charge in [-0.3, -0.25) is 15.1 Å². The average molecular weight is 416 g/mol. The standard InChI is InChI=1S/C22H16N4O5/c1-12-2-4-16-17(6-12)25-22(24-16)15-8-14(3-5-19(15)27)23-10-13-7-20-21(31-11-30-20)9-18(13)26(28)29/h2-10,27H,11H2,1H3,(H,24,25). The van der Waals surface area contributed by atoms with Crippen LogP contribution in [0.1, 0.15) is 11.1 Å². The zero-order valence-corrected chi connectivity index (χ0v) is 16.3. The Morgan fingerprint density at radius 3 is 2.77 bits per heavy atom. The van der Waals surface area contributed by atoms with Crippen molar-refractivity contribution in [3.63, 3.8) is 0 Å². The number of aromatic amines is 1. The number of ether oxygens (including phenoxy) is 2. The third-order valence-corrected chi connectivity index (χ3v) is 4.94. The molecule has 0 bridgehead atoms. The summed E-state index contributed by atoms with van der Waals surface area (Å²) in [6.07, 6.45) is 1.39. The van der Waals surface area contributed by atoms with Gasteiger partial charge in [0.2, 0.25) is 6.79 Å². The number of phenolic OH excluding ortho intramolecular Hbond substituents is 1. The minimum absolute atomic E-state index is 0.0193. The number of nitro groups is 1. The molecule has 2 heterocycles. The maximum absolute atomic E-state index is 11.4. The van der Waals surface area contributed by atoms with E-state index in [0.29, 0.717) is 28.6 Å². The molecule has 0 fully saturated rings. The van der Waals surface area contributed by atoms with Crippen molar-refractivity contribution in [2.45, 2.75) is 6.92 Å². The number of fused-ring (bicyclic) bond motifs is 2. The first-order chi connectivity index (χ1) is 15.0. The van der Waals surface area contributed by atoms with Crippen molar-refractivity contribution in [3.05, 3.63) is 69.8 Å². The third kappa shape index (κ3) is 3.42. The summed E-state index contributed by atoms with van der Waals surface area (Å²) >= 11 is 0. The summed E-state index contributed by atoms with van der Waals surface area (Å²) in [5.74, 6) is 1.31. The van der Waals surface area contributed by atoms with E-state index in [4.69, 9.17) is 9.47 Å². The van der Waals surface area contributed by atoms with Gasteiger partial charge in [0, 0.05) is 6.21 Å². The normalized spacial score (nSPS) is 12.7. The first-order valence-electron chi connectivity index (χ1n) is 9.40. The number of imidazole rings is 1. The molecule has 154 valence electrons. The quantitative estimate of drug-likeness (QED) is 0.284. The van der Waals surface area contributed by atoms with Crippen LogP contribution in [-0.4, -0.2) is 33.0 Å². The van der Waals surface area contributed by atoms with Gasteiger partial charge in [-0.05, 0) is 48.9 Å². The van der Waals surface area contributed by atoms with Crippen LogP contribution in [0, 0.1) is 17.0 Å². The SMILES string of the molecule is Cc1ccc2nc(-c3cc(N=Cc4cc5c(cc4[N+](=O)[O-])OCO5)ccc3O)[nH]c2c1. The Morgan fingerprint density at radius 1 is 1.16 bits per heavy atom. The van der Waals surface area contributed by atoms with Crippen LogP contribution >= 0.6 is 0 Å². The van der Waals surface area contributed by atoms with E-state index >= 15 is 0 Å². The van der Waals surface area contributed by atoms with Crippen LogP contribution in [-0.2, 0) is 0 Å². The second kappa shape index (κ2) is 7.13. The maximum Gasteiger partial charge on any atom is 0.282 e. The highest BCUT2D eigenvalue weighted by Gasteiger charge is 2.22. The smallest absolute Gasteiger partial charge is 0.282 e. The summed E-state index contributed by atoms with van der Waals surface area (Å²) < 4.78 is 10.5. The van der Waals surface area contributed by atoms with Gasteiger partial charge in [0.25, 0.3) is 5.69 Å². The average Bonchev–Trinajstić information content (AvgIpc) is 3.38. The molecule has 4 aromatic rings. The lowest BCUT2D eigenvalue weighted by atomic mass is 10.1. The third-order valence-electron chi connectivity index (χ3n) is 4.94. The Balaban J connectivity index is 1.52. The van der Waals surface area contributed by atoms with Crippen molar-refractivity contribution in [1.82, 2.24) is 9.97 Å². The Hall–Kier alpha value is -4.40. The molecule has 9 heteroatoms. The van der Waals surface area contributed by atoms with Crippen LogP contribution in [0.5, 0.6) is 17.2 Å². The predicted molar refractivity (Wildman–Crippen MR) is 114 cm³/mol. The summed E-state index contributed by atoms with van der Waals surface area (Å²) in [7, 11) is 0. The lowest BCUT2D eigenvalue weighted by Gasteiger charge is -2.03. The fourth-order valence-corrected chi connectivity index (χ4v) is 3.40. The number of phenols is 1. The van der Waals surface area contributed by atoms with E-state index in [-0.39, 0.29) is 23.8 Å². The largest absolute Gasteiger partial charge is 0.507 e. The highest BCUT2D eigenvalue weighted by molar-refractivity contribution is 5.89. The summed E-state index contributed by atoms with van der Waals surface area (Å²) in [5, 5.41) is 21.8. The predicted octanol–water partition coefficient (Wildman–Crippen LogP) is 4.63. The molecule has 5 rings (SSSR count). The topological polar surface area (TPSA) is 123 Å². The van der Waals surface area contributed by atoms with E-state index in [0.717, 1.165) is 16.6 Å². The number of rotatable bonds is 4. The van der Waals surface area contributed by atoms with Crippen molar-refractivity contribution in [2.75, 3.05) is 6.79 Å². The second-order valence-electron chi connectivity index (χ2n) is 7.09. The number of aryl methyl sites for hydroxylation is 1. The number of aliphatic imine (C=N–C) groups is 1. The van der Waals surface area contributed by atoms with Crippen molar-refractivity contribution < 1.29 is 19.5 Å². The van der Waals surface area contributed by atoms with E-state index in [1.165, 1.54) is 24.4 Å². The van der Waals surface area contributed by atoms with Gasteiger partial charge in [-0.25, -0.2) is 4.98 Å². The first kappa shape index (κ1) is 18.6. The van der Waals surface area contributed by atoms with Gasteiger partial charge >= 0.3 is 0 Å².